The number of ether oxygens (including phenoxy) is 2. The Morgan fingerprint density at radius 1 is 1.07 bits per heavy atom. The highest BCUT2D eigenvalue weighted by Gasteiger charge is 2.57. The number of methoxy groups -OCH3 is 2. The van der Waals surface area contributed by atoms with Gasteiger partial charge in [-0.15, -0.1) is 0 Å². The summed E-state index contributed by atoms with van der Waals surface area (Å²) in [6.45, 7) is 16.2. The summed E-state index contributed by atoms with van der Waals surface area (Å²) in [5, 5.41) is 0. The van der Waals surface area contributed by atoms with Crippen LogP contribution in [0, 0.1) is 17.3 Å². The third kappa shape index (κ3) is 3.97. The molecule has 3 fully saturated rings. The lowest BCUT2D eigenvalue weighted by molar-refractivity contribution is -0.0444. The van der Waals surface area contributed by atoms with Crippen molar-refractivity contribution in [1.29, 1.82) is 0 Å². The highest BCUT2D eigenvalue weighted by molar-refractivity contribution is 5.53. The summed E-state index contributed by atoms with van der Waals surface area (Å²) >= 11 is 0. The van der Waals surface area contributed by atoms with Crippen LogP contribution in [0.4, 0.5) is 0 Å². The Morgan fingerprint density at radius 3 is 2.17 bits per heavy atom. The van der Waals surface area contributed by atoms with E-state index in [0.29, 0.717) is 23.2 Å². The number of hydrogen-bond acceptors (Lipinski definition) is 2. The van der Waals surface area contributed by atoms with Crippen molar-refractivity contribution in [3.63, 3.8) is 0 Å². The summed E-state index contributed by atoms with van der Waals surface area (Å²) in [6.07, 6.45) is 8.70. The molecule has 3 atom stereocenters. The molecule has 3 saturated carbocycles. The average molecular weight is 399 g/mol. The van der Waals surface area contributed by atoms with Crippen LogP contribution in [0.2, 0.25) is 0 Å². The molecule has 0 unspecified atom stereocenters. The molecule has 162 valence electrons. The Hall–Kier alpha value is -1.44. The molecule has 3 aliphatic rings. The molecule has 29 heavy (non-hydrogen) atoms. The van der Waals surface area contributed by atoms with Crippen LogP contribution in [0.15, 0.2) is 24.3 Å². The van der Waals surface area contributed by atoms with Crippen molar-refractivity contribution in [3.8, 4) is 11.5 Å². The summed E-state index contributed by atoms with van der Waals surface area (Å²) in [7, 11) is 3.62. The van der Waals surface area contributed by atoms with Gasteiger partial charge in [-0.3, -0.25) is 0 Å². The third-order valence-corrected chi connectivity index (χ3v) is 8.16. The first-order valence-electron chi connectivity index (χ1n) is 11.6. The van der Waals surface area contributed by atoms with E-state index >= 15 is 0 Å². The smallest absolute Gasteiger partial charge is 0.126 e. The van der Waals surface area contributed by atoms with Crippen molar-refractivity contribution in [2.45, 2.75) is 90.9 Å². The fraction of sp³-hybridized carbons (Fsp3) is 0.704. The molecular formula is C27H42O2. The Balaban J connectivity index is 1.94. The van der Waals surface area contributed by atoms with Crippen molar-refractivity contribution in [2.24, 2.45) is 17.3 Å². The number of fused-ring (bicyclic) bond motifs is 2. The van der Waals surface area contributed by atoms with E-state index in [9.17, 15) is 0 Å². The number of allylic oxidation sites excluding steroid dienone is 1. The molecular weight excluding hydrogens is 356 g/mol. The molecule has 0 N–H and O–H groups in total. The molecule has 2 nitrogen and oxygen atoms in total. The molecule has 0 saturated heterocycles. The van der Waals surface area contributed by atoms with Crippen molar-refractivity contribution < 1.29 is 9.47 Å². The average Bonchev–Trinajstić information content (AvgIpc) is 2.69. The van der Waals surface area contributed by atoms with Gasteiger partial charge in [0.05, 0.1) is 14.2 Å². The van der Waals surface area contributed by atoms with Gasteiger partial charge in [-0.25, -0.2) is 0 Å². The maximum absolute atomic E-state index is 5.98. The van der Waals surface area contributed by atoms with Crippen LogP contribution in [0.5, 0.6) is 11.5 Å². The Bertz CT molecular complexity index is 718. The van der Waals surface area contributed by atoms with Gasteiger partial charge in [0.2, 0.25) is 0 Å². The third-order valence-electron chi connectivity index (χ3n) is 8.16. The molecule has 0 radical (unpaired) electrons. The van der Waals surface area contributed by atoms with Crippen LogP contribution < -0.4 is 9.47 Å². The van der Waals surface area contributed by atoms with Crippen LogP contribution in [-0.4, -0.2) is 14.2 Å². The monoisotopic (exact) mass is 398 g/mol. The van der Waals surface area contributed by atoms with E-state index in [1.165, 1.54) is 55.2 Å². The van der Waals surface area contributed by atoms with Gasteiger partial charge in [0, 0.05) is 5.56 Å². The van der Waals surface area contributed by atoms with Crippen molar-refractivity contribution in [3.05, 3.63) is 35.4 Å². The van der Waals surface area contributed by atoms with Crippen molar-refractivity contribution in [1.82, 2.24) is 0 Å². The molecule has 2 bridgehead atoms. The number of benzene rings is 1. The SMILES string of the molecule is C=C1C[C@H](c2c(OC)cc(C(C)(C)CCCCCC)cc2OC)[C@@H]2C[C@H]1C2(C)C. The van der Waals surface area contributed by atoms with Gasteiger partial charge in [0.25, 0.3) is 0 Å². The molecule has 0 aliphatic heterocycles. The van der Waals surface area contributed by atoms with Crippen LogP contribution in [-0.2, 0) is 5.41 Å². The summed E-state index contributed by atoms with van der Waals surface area (Å²) in [6, 6.07) is 4.58. The summed E-state index contributed by atoms with van der Waals surface area (Å²) in [4.78, 5) is 0. The van der Waals surface area contributed by atoms with E-state index in [-0.39, 0.29) is 5.41 Å². The Labute approximate surface area is 179 Å². The van der Waals surface area contributed by atoms with Crippen LogP contribution >= 0.6 is 0 Å². The first kappa shape index (κ1) is 22.2. The molecule has 1 aromatic carbocycles. The van der Waals surface area contributed by atoms with Gasteiger partial charge >= 0.3 is 0 Å². The predicted octanol–water partition coefficient (Wildman–Crippen LogP) is 7.66. The molecule has 0 aromatic heterocycles. The number of hydrogen-bond donors (Lipinski definition) is 0. The summed E-state index contributed by atoms with van der Waals surface area (Å²) < 4.78 is 12.0. The summed E-state index contributed by atoms with van der Waals surface area (Å²) in [5.41, 5.74) is 4.44. The van der Waals surface area contributed by atoms with Crippen LogP contribution in [0.1, 0.15) is 96.6 Å². The molecule has 0 amide bonds. The largest absolute Gasteiger partial charge is 0.496 e. The molecule has 0 spiro atoms. The predicted molar refractivity (Wildman–Crippen MR) is 123 cm³/mol. The first-order valence-corrected chi connectivity index (χ1v) is 11.6. The van der Waals surface area contributed by atoms with Crippen molar-refractivity contribution in [2.75, 3.05) is 14.2 Å². The van der Waals surface area contributed by atoms with Gasteiger partial charge in [-0.05, 0) is 65.5 Å². The molecule has 3 aliphatic carbocycles. The molecule has 1 aromatic rings. The topological polar surface area (TPSA) is 18.5 Å². The standard InChI is InChI=1S/C27H42O2/c1-9-10-11-12-13-26(3,4)19-15-23(28-7)25(24(16-19)29-8)20-14-18(2)21-17-22(20)27(21,5)6/h15-16,20-22H,2,9-14,17H2,1,3-8H3/t20-,21+,22-/m0/s1. The van der Waals surface area contributed by atoms with Gasteiger partial charge in [-0.1, -0.05) is 72.5 Å². The van der Waals surface area contributed by atoms with E-state index in [1.807, 2.05) is 14.2 Å². The maximum atomic E-state index is 5.98. The van der Waals surface area contributed by atoms with E-state index in [1.54, 1.807) is 0 Å². The normalized spacial score (nSPS) is 25.5. The van der Waals surface area contributed by atoms with E-state index in [4.69, 9.17) is 9.47 Å². The van der Waals surface area contributed by atoms with Crippen LogP contribution in [0.25, 0.3) is 0 Å². The van der Waals surface area contributed by atoms with Gasteiger partial charge in [-0.2, -0.15) is 0 Å². The highest BCUT2D eigenvalue weighted by Crippen LogP contribution is 2.67. The number of unbranched alkanes of at least 4 members (excludes halogenated alkanes) is 3. The molecule has 0 heterocycles. The fourth-order valence-corrected chi connectivity index (χ4v) is 6.04. The second kappa shape index (κ2) is 8.36. The number of rotatable bonds is 9. The zero-order chi connectivity index (χ0) is 21.4. The summed E-state index contributed by atoms with van der Waals surface area (Å²) in [5.74, 6) is 3.80. The second-order valence-corrected chi connectivity index (χ2v) is 10.7. The fourth-order valence-electron chi connectivity index (χ4n) is 6.04. The lowest BCUT2D eigenvalue weighted by Gasteiger charge is -2.61. The maximum Gasteiger partial charge on any atom is 0.126 e. The lowest BCUT2D eigenvalue weighted by atomic mass is 9.43. The quantitative estimate of drug-likeness (QED) is 0.314. The zero-order valence-corrected chi connectivity index (χ0v) is 19.9. The minimum atomic E-state index is 0.115. The van der Waals surface area contributed by atoms with Crippen LogP contribution in [0.3, 0.4) is 0 Å². The molecule has 2 heteroatoms. The molecule has 4 rings (SSSR count). The van der Waals surface area contributed by atoms with E-state index in [2.05, 4.69) is 53.3 Å². The van der Waals surface area contributed by atoms with Gasteiger partial charge in [0.15, 0.2) is 0 Å². The highest BCUT2D eigenvalue weighted by atomic mass is 16.5. The Morgan fingerprint density at radius 2 is 1.69 bits per heavy atom. The second-order valence-electron chi connectivity index (χ2n) is 10.7. The van der Waals surface area contributed by atoms with Crippen molar-refractivity contribution >= 4 is 0 Å². The van der Waals surface area contributed by atoms with E-state index in [0.717, 1.165) is 17.9 Å². The van der Waals surface area contributed by atoms with E-state index < -0.39 is 0 Å². The zero-order valence-electron chi connectivity index (χ0n) is 19.9. The Kier molecular flexibility index (Phi) is 6.41. The minimum Gasteiger partial charge on any atom is -0.496 e. The minimum absolute atomic E-state index is 0.115. The lowest BCUT2D eigenvalue weighted by Crippen LogP contribution is -2.52. The van der Waals surface area contributed by atoms with Gasteiger partial charge < -0.3 is 9.47 Å². The van der Waals surface area contributed by atoms with Gasteiger partial charge in [0.1, 0.15) is 11.5 Å². The first-order chi connectivity index (χ1) is 13.7.